The summed E-state index contributed by atoms with van der Waals surface area (Å²) in [5.41, 5.74) is 0.989. The second-order valence-electron chi connectivity index (χ2n) is 6.31. The first kappa shape index (κ1) is 15.8. The van der Waals surface area contributed by atoms with Crippen LogP contribution in [-0.4, -0.2) is 32.7 Å². The molecule has 2 heterocycles. The van der Waals surface area contributed by atoms with Crippen molar-refractivity contribution in [3.63, 3.8) is 0 Å². The standard InChI is InChI=1S/C17H23N3O3/c1-3-15-11(2)6-16(23-15)17(22)19-13-7-12(8-14(13)21)9-20-5-4-18-10-20/h4-6,10,12-14,21H,3,7-9H2,1-2H3,(H,19,22)/t12?,13-,14-/m1/s1. The molecule has 1 saturated carbocycles. The molecular formula is C17H23N3O3. The minimum atomic E-state index is -0.519. The molecular weight excluding hydrogens is 294 g/mol. The lowest BCUT2D eigenvalue weighted by Gasteiger charge is -2.15. The second-order valence-corrected chi connectivity index (χ2v) is 6.31. The number of aromatic nitrogens is 2. The van der Waals surface area contributed by atoms with Gasteiger partial charge in [-0.25, -0.2) is 4.98 Å². The predicted molar refractivity (Wildman–Crippen MR) is 85.0 cm³/mol. The molecule has 2 N–H and O–H groups in total. The van der Waals surface area contributed by atoms with E-state index in [1.807, 2.05) is 24.6 Å². The molecule has 23 heavy (non-hydrogen) atoms. The minimum absolute atomic E-state index is 0.230. The monoisotopic (exact) mass is 317 g/mol. The van der Waals surface area contributed by atoms with Crippen molar-refractivity contribution in [2.24, 2.45) is 5.92 Å². The Morgan fingerprint density at radius 2 is 2.35 bits per heavy atom. The summed E-state index contributed by atoms with van der Waals surface area (Å²) in [5, 5.41) is 13.1. The molecule has 0 bridgehead atoms. The predicted octanol–water partition coefficient (Wildman–Crippen LogP) is 1.92. The number of nitrogens with one attached hydrogen (secondary N) is 1. The van der Waals surface area contributed by atoms with Crippen molar-refractivity contribution in [2.45, 2.75) is 51.8 Å². The molecule has 1 aliphatic rings. The summed E-state index contributed by atoms with van der Waals surface area (Å²) in [4.78, 5) is 16.3. The Kier molecular flexibility index (Phi) is 4.52. The van der Waals surface area contributed by atoms with Crippen molar-refractivity contribution >= 4 is 5.91 Å². The molecule has 3 rings (SSSR count). The van der Waals surface area contributed by atoms with Crippen molar-refractivity contribution in [2.75, 3.05) is 0 Å². The van der Waals surface area contributed by atoms with Gasteiger partial charge in [-0.05, 0) is 37.3 Å². The van der Waals surface area contributed by atoms with Crippen LogP contribution in [-0.2, 0) is 13.0 Å². The highest BCUT2D eigenvalue weighted by Gasteiger charge is 2.34. The maximum absolute atomic E-state index is 12.3. The number of carbonyl (C=O) groups excluding carboxylic acids is 1. The summed E-state index contributed by atoms with van der Waals surface area (Å²) in [5.74, 6) is 1.24. The third-order valence-corrected chi connectivity index (χ3v) is 4.54. The largest absolute Gasteiger partial charge is 0.456 e. The second kappa shape index (κ2) is 6.58. The van der Waals surface area contributed by atoms with Gasteiger partial charge in [0.2, 0.25) is 0 Å². The number of aryl methyl sites for hydroxylation is 2. The maximum atomic E-state index is 12.3. The summed E-state index contributed by atoms with van der Waals surface area (Å²) in [6.07, 6.45) is 7.11. The van der Waals surface area contributed by atoms with Gasteiger partial charge in [0.15, 0.2) is 5.76 Å². The van der Waals surface area contributed by atoms with Crippen LogP contribution in [0.1, 0.15) is 41.6 Å². The summed E-state index contributed by atoms with van der Waals surface area (Å²) in [6.45, 7) is 4.74. The summed E-state index contributed by atoms with van der Waals surface area (Å²) in [6, 6.07) is 1.53. The third kappa shape index (κ3) is 3.47. The van der Waals surface area contributed by atoms with Gasteiger partial charge in [0.1, 0.15) is 5.76 Å². The van der Waals surface area contributed by atoms with Gasteiger partial charge < -0.3 is 19.4 Å². The third-order valence-electron chi connectivity index (χ3n) is 4.54. The molecule has 1 unspecified atom stereocenters. The highest BCUT2D eigenvalue weighted by Crippen LogP contribution is 2.28. The zero-order valence-corrected chi connectivity index (χ0v) is 13.5. The van der Waals surface area contributed by atoms with Crippen LogP contribution in [0, 0.1) is 12.8 Å². The van der Waals surface area contributed by atoms with E-state index < -0.39 is 6.10 Å². The van der Waals surface area contributed by atoms with Crippen molar-refractivity contribution in [1.29, 1.82) is 0 Å². The van der Waals surface area contributed by atoms with Crippen LogP contribution in [0.3, 0.4) is 0 Å². The van der Waals surface area contributed by atoms with Crippen molar-refractivity contribution in [3.8, 4) is 0 Å². The molecule has 2 aromatic heterocycles. The fourth-order valence-electron chi connectivity index (χ4n) is 3.34. The molecule has 6 nitrogen and oxygen atoms in total. The van der Waals surface area contributed by atoms with E-state index in [-0.39, 0.29) is 11.9 Å². The average molecular weight is 317 g/mol. The molecule has 0 radical (unpaired) electrons. The fraction of sp³-hybridized carbons (Fsp3) is 0.529. The Morgan fingerprint density at radius 3 is 3.00 bits per heavy atom. The number of furan rings is 1. The summed E-state index contributed by atoms with van der Waals surface area (Å²) < 4.78 is 7.58. The van der Waals surface area contributed by atoms with Gasteiger partial charge in [0.25, 0.3) is 5.91 Å². The van der Waals surface area contributed by atoms with E-state index in [9.17, 15) is 9.90 Å². The summed E-state index contributed by atoms with van der Waals surface area (Å²) >= 11 is 0. The van der Waals surface area contributed by atoms with Gasteiger partial charge in [-0.3, -0.25) is 4.79 Å². The van der Waals surface area contributed by atoms with Crippen molar-refractivity contribution < 1.29 is 14.3 Å². The number of imidazole rings is 1. The number of carbonyl (C=O) groups is 1. The van der Waals surface area contributed by atoms with Crippen molar-refractivity contribution in [3.05, 3.63) is 41.9 Å². The summed E-state index contributed by atoms with van der Waals surface area (Å²) in [7, 11) is 0. The normalized spacial score (nSPS) is 24.0. The van der Waals surface area contributed by atoms with E-state index in [1.165, 1.54) is 0 Å². The Labute approximate surface area is 135 Å². The van der Waals surface area contributed by atoms with Gasteiger partial charge in [0, 0.05) is 25.4 Å². The van der Waals surface area contributed by atoms with E-state index in [0.717, 1.165) is 30.7 Å². The molecule has 2 aromatic rings. The van der Waals surface area contributed by atoms with Crippen LogP contribution in [0.5, 0.6) is 0 Å². The molecule has 0 spiro atoms. The SMILES string of the molecule is CCc1oc(C(=O)N[C@@H]2CC(Cn3ccnc3)C[C@H]2O)cc1C. The van der Waals surface area contributed by atoms with E-state index in [1.54, 1.807) is 18.6 Å². The average Bonchev–Trinajstić information content (AvgIpc) is 3.22. The number of hydrogen-bond donors (Lipinski definition) is 2. The number of amides is 1. The van der Waals surface area contributed by atoms with Crippen LogP contribution in [0.4, 0.5) is 0 Å². The van der Waals surface area contributed by atoms with E-state index in [0.29, 0.717) is 18.1 Å². The van der Waals surface area contributed by atoms with Gasteiger partial charge >= 0.3 is 0 Å². The minimum Gasteiger partial charge on any atom is -0.456 e. The van der Waals surface area contributed by atoms with Gasteiger partial charge in [-0.15, -0.1) is 0 Å². The lowest BCUT2D eigenvalue weighted by atomic mass is 10.1. The van der Waals surface area contributed by atoms with Gasteiger partial charge in [0.05, 0.1) is 18.5 Å². The molecule has 6 heteroatoms. The van der Waals surface area contributed by atoms with Crippen LogP contribution < -0.4 is 5.32 Å². The number of nitrogens with zero attached hydrogens (tertiary/aromatic N) is 2. The van der Waals surface area contributed by atoms with Crippen LogP contribution in [0.2, 0.25) is 0 Å². The Bertz CT molecular complexity index is 663. The Balaban J connectivity index is 1.59. The van der Waals surface area contributed by atoms with Gasteiger partial charge in [-0.2, -0.15) is 0 Å². The Morgan fingerprint density at radius 1 is 1.52 bits per heavy atom. The van der Waals surface area contributed by atoms with E-state index >= 15 is 0 Å². The lowest BCUT2D eigenvalue weighted by Crippen LogP contribution is -2.39. The molecule has 3 atom stereocenters. The molecule has 1 amide bonds. The molecule has 0 aromatic carbocycles. The number of hydrogen-bond acceptors (Lipinski definition) is 4. The highest BCUT2D eigenvalue weighted by atomic mass is 16.4. The first-order chi connectivity index (χ1) is 11.1. The topological polar surface area (TPSA) is 80.3 Å². The lowest BCUT2D eigenvalue weighted by molar-refractivity contribution is 0.0844. The van der Waals surface area contributed by atoms with E-state index in [4.69, 9.17) is 4.42 Å². The number of aliphatic hydroxyl groups excluding tert-OH is 1. The molecule has 0 saturated heterocycles. The number of aliphatic hydroxyl groups is 1. The fourth-order valence-corrected chi connectivity index (χ4v) is 3.34. The van der Waals surface area contributed by atoms with Gasteiger partial charge in [-0.1, -0.05) is 6.92 Å². The molecule has 0 aliphatic heterocycles. The first-order valence-corrected chi connectivity index (χ1v) is 8.10. The molecule has 1 aliphatic carbocycles. The maximum Gasteiger partial charge on any atom is 0.287 e. The van der Waals surface area contributed by atoms with E-state index in [2.05, 4.69) is 10.3 Å². The molecule has 1 fully saturated rings. The zero-order valence-electron chi connectivity index (χ0n) is 13.5. The van der Waals surface area contributed by atoms with Crippen LogP contribution in [0.15, 0.2) is 29.2 Å². The highest BCUT2D eigenvalue weighted by molar-refractivity contribution is 5.92. The van der Waals surface area contributed by atoms with Crippen molar-refractivity contribution in [1.82, 2.24) is 14.9 Å². The zero-order chi connectivity index (χ0) is 16.4. The number of rotatable bonds is 5. The van der Waals surface area contributed by atoms with Crippen LogP contribution in [0.25, 0.3) is 0 Å². The smallest absolute Gasteiger partial charge is 0.287 e. The first-order valence-electron chi connectivity index (χ1n) is 8.10. The quantitative estimate of drug-likeness (QED) is 0.883. The molecule has 124 valence electrons. The van der Waals surface area contributed by atoms with Crippen LogP contribution >= 0.6 is 0 Å². The Hall–Kier alpha value is -2.08.